The van der Waals surface area contributed by atoms with Gasteiger partial charge in [0.1, 0.15) is 6.10 Å². The highest BCUT2D eigenvalue weighted by Crippen LogP contribution is 2.16. The first-order valence-corrected chi connectivity index (χ1v) is 6.54. The van der Waals surface area contributed by atoms with Crippen molar-refractivity contribution < 1.29 is 9.53 Å². The second-order valence-electron chi connectivity index (χ2n) is 4.54. The van der Waals surface area contributed by atoms with E-state index in [-0.39, 0.29) is 12.2 Å². The zero-order chi connectivity index (χ0) is 12.8. The minimum Gasteiger partial charge on any atom is -0.442 e. The molecule has 4 heteroatoms. The molecule has 98 valence electrons. The monoisotopic (exact) mass is 248 g/mol. The lowest BCUT2D eigenvalue weighted by Crippen LogP contribution is -2.35. The van der Waals surface area contributed by atoms with E-state index in [1.54, 1.807) is 0 Å². The highest BCUT2D eigenvalue weighted by Gasteiger charge is 2.24. The van der Waals surface area contributed by atoms with Crippen molar-refractivity contribution in [2.45, 2.75) is 25.9 Å². The van der Waals surface area contributed by atoms with Gasteiger partial charge in [-0.25, -0.2) is 4.79 Å². The summed E-state index contributed by atoms with van der Waals surface area (Å²) in [6.07, 6.45) is 1.95. The van der Waals surface area contributed by atoms with Gasteiger partial charge in [-0.2, -0.15) is 0 Å². The number of amides is 1. The molecule has 18 heavy (non-hydrogen) atoms. The lowest BCUT2D eigenvalue weighted by molar-refractivity contribution is 0.142. The predicted molar refractivity (Wildman–Crippen MR) is 71.8 cm³/mol. The molecule has 1 aliphatic rings. The Morgan fingerprint density at radius 1 is 1.39 bits per heavy atom. The number of hydrogen-bond donors (Lipinski definition) is 1. The maximum absolute atomic E-state index is 11.0. The molecule has 1 atom stereocenters. The van der Waals surface area contributed by atoms with Crippen molar-refractivity contribution in [1.29, 1.82) is 0 Å². The molecular formula is C14H20N2O2. The topological polar surface area (TPSA) is 41.6 Å². The van der Waals surface area contributed by atoms with Crippen molar-refractivity contribution in [1.82, 2.24) is 5.32 Å². The Labute approximate surface area is 108 Å². The summed E-state index contributed by atoms with van der Waals surface area (Å²) in [6.45, 7) is 4.53. The van der Waals surface area contributed by atoms with E-state index in [9.17, 15) is 4.79 Å². The predicted octanol–water partition coefficient (Wildman–Crippen LogP) is 2.40. The van der Waals surface area contributed by atoms with Crippen LogP contribution in [0, 0.1) is 0 Å². The van der Waals surface area contributed by atoms with E-state index in [4.69, 9.17) is 4.74 Å². The molecular weight excluding hydrogens is 228 g/mol. The average Bonchev–Trinajstić information content (AvgIpc) is 2.81. The molecule has 1 heterocycles. The molecule has 2 rings (SSSR count). The van der Waals surface area contributed by atoms with E-state index in [1.165, 1.54) is 5.69 Å². The third-order valence-corrected chi connectivity index (χ3v) is 3.07. The fraction of sp³-hybridized carbons (Fsp3) is 0.500. The third kappa shape index (κ3) is 3.39. The molecule has 0 spiro atoms. The molecule has 1 saturated heterocycles. The number of nitrogens with one attached hydrogen (secondary N) is 1. The quantitative estimate of drug-likeness (QED) is 0.840. The Balaban J connectivity index is 1.98. The molecule has 0 bridgehead atoms. The largest absolute Gasteiger partial charge is 0.442 e. The fourth-order valence-corrected chi connectivity index (χ4v) is 2.09. The molecule has 1 fully saturated rings. The Morgan fingerprint density at radius 2 is 2.17 bits per heavy atom. The molecule has 0 aromatic heterocycles. The summed E-state index contributed by atoms with van der Waals surface area (Å²) in [5.41, 5.74) is 1.19. The van der Waals surface area contributed by atoms with Crippen LogP contribution >= 0.6 is 0 Å². The van der Waals surface area contributed by atoms with Crippen LogP contribution in [0.15, 0.2) is 30.3 Å². The number of anilines is 1. The van der Waals surface area contributed by atoms with Crippen LogP contribution in [0.2, 0.25) is 0 Å². The zero-order valence-electron chi connectivity index (χ0n) is 10.8. The Hall–Kier alpha value is -1.71. The maximum Gasteiger partial charge on any atom is 0.407 e. The maximum atomic E-state index is 11.0. The summed E-state index contributed by atoms with van der Waals surface area (Å²) in [5, 5.41) is 2.69. The van der Waals surface area contributed by atoms with Crippen molar-refractivity contribution in [3.8, 4) is 0 Å². The van der Waals surface area contributed by atoms with Gasteiger partial charge in [-0.1, -0.05) is 31.5 Å². The van der Waals surface area contributed by atoms with E-state index in [2.05, 4.69) is 29.3 Å². The van der Waals surface area contributed by atoms with Gasteiger partial charge in [0.25, 0.3) is 0 Å². The van der Waals surface area contributed by atoms with Gasteiger partial charge in [0.05, 0.1) is 13.1 Å². The number of nitrogens with zero attached hydrogens (tertiary/aromatic N) is 1. The van der Waals surface area contributed by atoms with Crippen LogP contribution < -0.4 is 10.2 Å². The van der Waals surface area contributed by atoms with Gasteiger partial charge < -0.3 is 15.0 Å². The van der Waals surface area contributed by atoms with Crippen LogP contribution in [0.4, 0.5) is 10.5 Å². The highest BCUT2D eigenvalue weighted by atomic mass is 16.6. The number of benzene rings is 1. The Kier molecular flexibility index (Phi) is 4.45. The average molecular weight is 248 g/mol. The van der Waals surface area contributed by atoms with Crippen molar-refractivity contribution in [2.24, 2.45) is 0 Å². The number of rotatable bonds is 6. The first kappa shape index (κ1) is 12.7. The van der Waals surface area contributed by atoms with Crippen molar-refractivity contribution in [3.63, 3.8) is 0 Å². The number of alkyl carbamates (subject to hydrolysis) is 1. The number of cyclic esters (lactones) is 1. The van der Waals surface area contributed by atoms with Crippen LogP contribution in [0.5, 0.6) is 0 Å². The molecule has 1 N–H and O–H groups in total. The number of para-hydroxylation sites is 1. The summed E-state index contributed by atoms with van der Waals surface area (Å²) in [4.78, 5) is 13.3. The lowest BCUT2D eigenvalue weighted by Gasteiger charge is -2.26. The summed E-state index contributed by atoms with van der Waals surface area (Å²) in [6, 6.07) is 10.3. The van der Waals surface area contributed by atoms with Crippen LogP contribution in [-0.4, -0.2) is 31.8 Å². The minimum atomic E-state index is -0.302. The van der Waals surface area contributed by atoms with E-state index in [1.807, 2.05) is 18.2 Å². The molecule has 4 nitrogen and oxygen atoms in total. The number of unbranched alkanes of at least 4 members (excludes halogenated alkanes) is 1. The molecule has 1 aromatic carbocycles. The number of carbonyl (C=O) groups excluding carboxylic acids is 1. The van der Waals surface area contributed by atoms with E-state index >= 15 is 0 Å². The standard InChI is InChI=1S/C14H20N2O2/c1-2-3-9-16(12-7-5-4-6-8-12)11-13-10-15-14(17)18-13/h4-8,13H,2-3,9-11H2,1H3,(H,15,17)/t13-/m1/s1. The Bertz CT molecular complexity index is 381. The van der Waals surface area contributed by atoms with Crippen molar-refractivity contribution in [2.75, 3.05) is 24.5 Å². The van der Waals surface area contributed by atoms with Crippen molar-refractivity contribution in [3.05, 3.63) is 30.3 Å². The first-order valence-electron chi connectivity index (χ1n) is 6.54. The van der Waals surface area contributed by atoms with Gasteiger partial charge in [0, 0.05) is 12.2 Å². The second-order valence-corrected chi connectivity index (χ2v) is 4.54. The van der Waals surface area contributed by atoms with Gasteiger partial charge in [-0.3, -0.25) is 0 Å². The SMILES string of the molecule is CCCCN(C[C@H]1CNC(=O)O1)c1ccccc1. The summed E-state index contributed by atoms with van der Waals surface area (Å²) >= 11 is 0. The van der Waals surface area contributed by atoms with E-state index in [0.29, 0.717) is 6.54 Å². The van der Waals surface area contributed by atoms with Crippen LogP contribution in [-0.2, 0) is 4.74 Å². The van der Waals surface area contributed by atoms with Gasteiger partial charge in [-0.15, -0.1) is 0 Å². The first-order chi connectivity index (χ1) is 8.79. The van der Waals surface area contributed by atoms with Crippen LogP contribution in [0.1, 0.15) is 19.8 Å². The van der Waals surface area contributed by atoms with Gasteiger partial charge in [-0.05, 0) is 18.6 Å². The van der Waals surface area contributed by atoms with E-state index < -0.39 is 0 Å². The molecule has 0 aliphatic carbocycles. The minimum absolute atomic E-state index is 0.0467. The second kappa shape index (κ2) is 6.28. The number of carbonyl (C=O) groups is 1. The van der Waals surface area contributed by atoms with Gasteiger partial charge in [0.15, 0.2) is 0 Å². The van der Waals surface area contributed by atoms with Crippen LogP contribution in [0.25, 0.3) is 0 Å². The molecule has 0 saturated carbocycles. The molecule has 1 aromatic rings. The molecule has 0 unspecified atom stereocenters. The molecule has 1 aliphatic heterocycles. The van der Waals surface area contributed by atoms with Crippen LogP contribution in [0.3, 0.4) is 0 Å². The lowest BCUT2D eigenvalue weighted by atomic mass is 10.2. The van der Waals surface area contributed by atoms with Gasteiger partial charge in [0.2, 0.25) is 0 Å². The van der Waals surface area contributed by atoms with Crippen molar-refractivity contribution >= 4 is 11.8 Å². The number of ether oxygens (including phenoxy) is 1. The summed E-state index contributed by atoms with van der Waals surface area (Å²) in [5.74, 6) is 0. The third-order valence-electron chi connectivity index (χ3n) is 3.07. The van der Waals surface area contributed by atoms with Gasteiger partial charge >= 0.3 is 6.09 Å². The highest BCUT2D eigenvalue weighted by molar-refractivity contribution is 5.69. The van der Waals surface area contributed by atoms with E-state index in [0.717, 1.165) is 25.9 Å². The molecule has 1 amide bonds. The fourth-order valence-electron chi connectivity index (χ4n) is 2.09. The smallest absolute Gasteiger partial charge is 0.407 e. The number of hydrogen-bond acceptors (Lipinski definition) is 3. The Morgan fingerprint density at radius 3 is 2.78 bits per heavy atom. The summed E-state index contributed by atoms with van der Waals surface area (Å²) < 4.78 is 5.20. The molecule has 0 radical (unpaired) electrons. The summed E-state index contributed by atoms with van der Waals surface area (Å²) in [7, 11) is 0. The zero-order valence-corrected chi connectivity index (χ0v) is 10.8. The normalized spacial score (nSPS) is 18.3.